The van der Waals surface area contributed by atoms with Gasteiger partial charge in [0.2, 0.25) is 12.7 Å². The number of hydrogen-bond donors (Lipinski definition) is 1. The minimum absolute atomic E-state index is 0.0600. The number of likely N-dealkylation sites (tertiary alicyclic amines) is 1. The summed E-state index contributed by atoms with van der Waals surface area (Å²) in [7, 11) is 3.82. The number of carbonyl (C=O) groups excluding carboxylic acids is 1. The third kappa shape index (κ3) is 2.82. The Morgan fingerprint density at radius 1 is 1.31 bits per heavy atom. The summed E-state index contributed by atoms with van der Waals surface area (Å²) in [5.74, 6) is 2.01. The molecule has 3 heterocycles. The van der Waals surface area contributed by atoms with Crippen molar-refractivity contribution in [3.8, 4) is 11.5 Å². The van der Waals surface area contributed by atoms with E-state index in [9.17, 15) is 4.79 Å². The van der Waals surface area contributed by atoms with Crippen molar-refractivity contribution in [2.45, 2.75) is 25.9 Å². The van der Waals surface area contributed by atoms with Crippen molar-refractivity contribution in [2.75, 3.05) is 20.4 Å². The molecule has 138 valence electrons. The quantitative estimate of drug-likeness (QED) is 0.884. The summed E-state index contributed by atoms with van der Waals surface area (Å²) in [5, 5.41) is 7.85. The normalized spacial score (nSPS) is 21.7. The van der Waals surface area contributed by atoms with E-state index >= 15 is 0 Å². The van der Waals surface area contributed by atoms with Crippen LogP contribution in [0.3, 0.4) is 0 Å². The largest absolute Gasteiger partial charge is 0.454 e. The number of hydrogen-bond acceptors (Lipinski definition) is 5. The van der Waals surface area contributed by atoms with E-state index in [4.69, 9.17) is 9.47 Å². The molecule has 26 heavy (non-hydrogen) atoms. The van der Waals surface area contributed by atoms with Crippen molar-refractivity contribution in [3.63, 3.8) is 0 Å². The summed E-state index contributed by atoms with van der Waals surface area (Å²) in [4.78, 5) is 14.2. The zero-order valence-corrected chi connectivity index (χ0v) is 15.4. The number of fused-ring (bicyclic) bond motifs is 1. The average molecular weight is 356 g/mol. The SMILES string of the molecule is Cc1c([C@H]2[C@H](CNCc3cccc4c3OCO4)CC(=O)N2C)cnn1C. The number of nitrogens with one attached hydrogen (secondary N) is 1. The van der Waals surface area contributed by atoms with Crippen LogP contribution in [-0.2, 0) is 18.4 Å². The molecule has 2 aliphatic heterocycles. The van der Waals surface area contributed by atoms with E-state index in [1.54, 1.807) is 0 Å². The lowest BCUT2D eigenvalue weighted by Gasteiger charge is -2.25. The molecule has 1 fully saturated rings. The van der Waals surface area contributed by atoms with E-state index in [1.807, 2.05) is 55.0 Å². The summed E-state index contributed by atoms with van der Waals surface area (Å²) < 4.78 is 12.8. The van der Waals surface area contributed by atoms with Gasteiger partial charge >= 0.3 is 0 Å². The second kappa shape index (κ2) is 6.64. The molecule has 4 rings (SSSR count). The Bertz CT molecular complexity index is 832. The van der Waals surface area contributed by atoms with E-state index in [0.717, 1.165) is 34.9 Å². The van der Waals surface area contributed by atoms with E-state index < -0.39 is 0 Å². The van der Waals surface area contributed by atoms with Crippen molar-refractivity contribution in [2.24, 2.45) is 13.0 Å². The first-order valence-electron chi connectivity index (χ1n) is 8.88. The molecule has 0 aliphatic carbocycles. The Kier molecular flexibility index (Phi) is 4.32. The molecule has 7 heteroatoms. The van der Waals surface area contributed by atoms with Gasteiger partial charge in [0.1, 0.15) is 0 Å². The average Bonchev–Trinajstić information content (AvgIpc) is 3.30. The number of aromatic nitrogens is 2. The van der Waals surface area contributed by atoms with Crippen molar-refractivity contribution < 1.29 is 14.3 Å². The van der Waals surface area contributed by atoms with Gasteiger partial charge in [0.05, 0.1) is 12.2 Å². The van der Waals surface area contributed by atoms with Gasteiger partial charge in [-0.1, -0.05) is 12.1 Å². The van der Waals surface area contributed by atoms with Crippen LogP contribution in [0, 0.1) is 12.8 Å². The van der Waals surface area contributed by atoms with Crippen LogP contribution in [0.2, 0.25) is 0 Å². The highest BCUT2D eigenvalue weighted by Crippen LogP contribution is 2.38. The summed E-state index contributed by atoms with van der Waals surface area (Å²) in [6.07, 6.45) is 2.44. The highest BCUT2D eigenvalue weighted by molar-refractivity contribution is 5.79. The molecule has 1 aromatic carbocycles. The monoisotopic (exact) mass is 356 g/mol. The van der Waals surface area contributed by atoms with Crippen LogP contribution >= 0.6 is 0 Å². The van der Waals surface area contributed by atoms with Gasteiger partial charge < -0.3 is 19.7 Å². The predicted octanol–water partition coefficient (Wildman–Crippen LogP) is 1.77. The molecular weight excluding hydrogens is 332 g/mol. The third-order valence-corrected chi connectivity index (χ3v) is 5.49. The number of nitrogens with zero attached hydrogens (tertiary/aromatic N) is 3. The van der Waals surface area contributed by atoms with E-state index in [0.29, 0.717) is 13.0 Å². The Morgan fingerprint density at radius 2 is 2.15 bits per heavy atom. The molecule has 0 radical (unpaired) electrons. The van der Waals surface area contributed by atoms with Gasteiger partial charge in [0.25, 0.3) is 0 Å². The molecule has 1 saturated heterocycles. The first kappa shape index (κ1) is 16.9. The molecule has 2 aliphatic rings. The molecule has 0 saturated carbocycles. The Hall–Kier alpha value is -2.54. The zero-order valence-electron chi connectivity index (χ0n) is 15.4. The fraction of sp³-hybridized carbons (Fsp3) is 0.474. The van der Waals surface area contributed by atoms with Crippen LogP contribution in [0.25, 0.3) is 0 Å². The van der Waals surface area contributed by atoms with Crippen molar-refractivity contribution in [1.82, 2.24) is 20.0 Å². The Balaban J connectivity index is 1.46. The topological polar surface area (TPSA) is 68.6 Å². The number of amides is 1. The maximum absolute atomic E-state index is 12.3. The van der Waals surface area contributed by atoms with Gasteiger partial charge in [-0.25, -0.2) is 0 Å². The molecule has 2 atom stereocenters. The molecule has 0 unspecified atom stereocenters. The maximum Gasteiger partial charge on any atom is 0.231 e. The lowest BCUT2D eigenvalue weighted by molar-refractivity contribution is -0.127. The molecule has 1 aromatic heterocycles. The van der Waals surface area contributed by atoms with Gasteiger partial charge in [-0.15, -0.1) is 0 Å². The zero-order chi connectivity index (χ0) is 18.3. The molecular formula is C19H24N4O3. The number of carbonyl (C=O) groups is 1. The second-order valence-corrected chi connectivity index (χ2v) is 7.00. The molecule has 1 amide bonds. The summed E-state index contributed by atoms with van der Waals surface area (Å²) in [6.45, 7) is 3.75. The maximum atomic E-state index is 12.3. The van der Waals surface area contributed by atoms with Crippen LogP contribution < -0.4 is 14.8 Å². The van der Waals surface area contributed by atoms with Gasteiger partial charge in [0.15, 0.2) is 11.5 Å². The number of aryl methyl sites for hydroxylation is 1. The predicted molar refractivity (Wildman–Crippen MR) is 95.8 cm³/mol. The summed E-state index contributed by atoms with van der Waals surface area (Å²) in [6, 6.07) is 5.98. The van der Waals surface area contributed by atoms with Crippen molar-refractivity contribution >= 4 is 5.91 Å². The van der Waals surface area contributed by atoms with E-state index in [-0.39, 0.29) is 24.7 Å². The van der Waals surface area contributed by atoms with Crippen LogP contribution in [0.5, 0.6) is 11.5 Å². The number of para-hydroxylation sites is 1. The van der Waals surface area contributed by atoms with Crippen LogP contribution in [0.15, 0.2) is 24.4 Å². The summed E-state index contributed by atoms with van der Waals surface area (Å²) >= 11 is 0. The molecule has 2 aromatic rings. The van der Waals surface area contributed by atoms with E-state index in [2.05, 4.69) is 10.4 Å². The fourth-order valence-corrected chi connectivity index (χ4v) is 3.93. The standard InChI is InChI=1S/C19H24N4O3/c1-12-15(10-21-23(12)3)18-14(7-17(24)22(18)2)9-20-8-13-5-4-6-16-19(13)26-11-25-16/h4-6,10,14,18,20H,7-9,11H2,1-3H3/t14-,18+/m0/s1. The second-order valence-electron chi connectivity index (χ2n) is 7.00. The smallest absolute Gasteiger partial charge is 0.231 e. The Labute approximate surface area is 152 Å². The van der Waals surface area contributed by atoms with Crippen LogP contribution in [-0.4, -0.2) is 41.0 Å². The molecule has 0 bridgehead atoms. The number of benzene rings is 1. The van der Waals surface area contributed by atoms with Gasteiger partial charge in [0, 0.05) is 56.3 Å². The minimum Gasteiger partial charge on any atom is -0.454 e. The lowest BCUT2D eigenvalue weighted by atomic mass is 9.94. The van der Waals surface area contributed by atoms with Crippen LogP contribution in [0.1, 0.15) is 29.3 Å². The molecule has 7 nitrogen and oxygen atoms in total. The highest BCUT2D eigenvalue weighted by atomic mass is 16.7. The minimum atomic E-state index is 0.0600. The van der Waals surface area contributed by atoms with Crippen molar-refractivity contribution in [3.05, 3.63) is 41.2 Å². The van der Waals surface area contributed by atoms with Gasteiger partial charge in [-0.05, 0) is 13.0 Å². The first-order valence-corrected chi connectivity index (χ1v) is 8.88. The van der Waals surface area contributed by atoms with Gasteiger partial charge in [-0.3, -0.25) is 9.48 Å². The van der Waals surface area contributed by atoms with Crippen LogP contribution in [0.4, 0.5) is 0 Å². The van der Waals surface area contributed by atoms with Crippen molar-refractivity contribution in [1.29, 1.82) is 0 Å². The lowest BCUT2D eigenvalue weighted by Crippen LogP contribution is -2.29. The molecule has 0 spiro atoms. The third-order valence-electron chi connectivity index (χ3n) is 5.49. The number of ether oxygens (including phenoxy) is 2. The highest BCUT2D eigenvalue weighted by Gasteiger charge is 2.39. The Morgan fingerprint density at radius 3 is 2.92 bits per heavy atom. The fourth-order valence-electron chi connectivity index (χ4n) is 3.93. The van der Waals surface area contributed by atoms with E-state index in [1.165, 1.54) is 0 Å². The first-order chi connectivity index (χ1) is 12.6. The molecule has 1 N–H and O–H groups in total. The summed E-state index contributed by atoms with van der Waals surface area (Å²) in [5.41, 5.74) is 3.31. The number of rotatable bonds is 5. The van der Waals surface area contributed by atoms with Gasteiger partial charge in [-0.2, -0.15) is 5.10 Å².